The molecule has 1 aromatic heterocycles. The minimum atomic E-state index is -1.17. The normalized spacial score (nSPS) is 10.3. The van der Waals surface area contributed by atoms with Crippen LogP contribution in [0.1, 0.15) is 10.5 Å². The van der Waals surface area contributed by atoms with Crippen molar-refractivity contribution in [1.82, 2.24) is 10.2 Å². The summed E-state index contributed by atoms with van der Waals surface area (Å²) in [6, 6.07) is 3.90. The van der Waals surface area contributed by atoms with Crippen LogP contribution in [0.3, 0.4) is 0 Å². The Morgan fingerprint density at radius 3 is 2.58 bits per heavy atom. The molecule has 0 radical (unpaired) electrons. The van der Waals surface area contributed by atoms with E-state index in [-0.39, 0.29) is 22.7 Å². The smallest absolute Gasteiger partial charge is 0.353 e. The molecule has 0 aliphatic carbocycles. The molecule has 0 spiro atoms. The van der Waals surface area contributed by atoms with Crippen LogP contribution in [0, 0.1) is 5.82 Å². The van der Waals surface area contributed by atoms with Crippen molar-refractivity contribution in [1.29, 1.82) is 0 Å². The zero-order valence-corrected chi connectivity index (χ0v) is 10.2. The predicted molar refractivity (Wildman–Crippen MR) is 64.0 cm³/mol. The van der Waals surface area contributed by atoms with Gasteiger partial charge in [0, 0.05) is 12.1 Å². The first-order chi connectivity index (χ1) is 9.06. The Labute approximate surface area is 107 Å². The second-order valence-electron chi connectivity index (χ2n) is 3.66. The van der Waals surface area contributed by atoms with Crippen LogP contribution < -0.4 is 9.47 Å². The number of rotatable bonds is 4. The number of benzene rings is 1. The topological polar surface area (TPSA) is 84.4 Å². The van der Waals surface area contributed by atoms with Crippen LogP contribution in [-0.4, -0.2) is 35.5 Å². The number of aromatic nitrogens is 2. The van der Waals surface area contributed by atoms with Gasteiger partial charge in [-0.15, -0.1) is 0 Å². The van der Waals surface area contributed by atoms with Gasteiger partial charge in [0.05, 0.1) is 25.5 Å². The van der Waals surface area contributed by atoms with Crippen molar-refractivity contribution in [3.05, 3.63) is 29.7 Å². The average Bonchev–Trinajstić information content (AvgIpc) is 2.86. The maximum Gasteiger partial charge on any atom is 0.353 e. The van der Waals surface area contributed by atoms with Crippen LogP contribution in [0.25, 0.3) is 11.3 Å². The largest absolute Gasteiger partial charge is 0.497 e. The molecule has 0 unspecified atom stereocenters. The number of hydrogen-bond acceptors (Lipinski definition) is 4. The number of H-pyrrole nitrogens is 1. The van der Waals surface area contributed by atoms with Gasteiger partial charge in [-0.1, -0.05) is 0 Å². The number of methoxy groups -OCH3 is 2. The molecular formula is C12H11FN2O4. The van der Waals surface area contributed by atoms with Crippen molar-refractivity contribution in [2.75, 3.05) is 14.2 Å². The first-order valence-corrected chi connectivity index (χ1v) is 5.27. The maximum atomic E-state index is 14.0. The molecule has 7 heteroatoms. The summed E-state index contributed by atoms with van der Waals surface area (Å²) < 4.78 is 24.0. The van der Waals surface area contributed by atoms with Gasteiger partial charge in [-0.3, -0.25) is 5.10 Å². The quantitative estimate of drug-likeness (QED) is 0.883. The SMILES string of the molecule is COc1cc(F)c(-c2cc(C(=O)O)[nH]n2)c(OC)c1. The van der Waals surface area contributed by atoms with Crippen LogP contribution in [0.5, 0.6) is 11.5 Å². The molecule has 0 aliphatic rings. The van der Waals surface area contributed by atoms with E-state index in [9.17, 15) is 9.18 Å². The highest BCUT2D eigenvalue weighted by atomic mass is 19.1. The van der Waals surface area contributed by atoms with Crippen molar-refractivity contribution in [3.8, 4) is 22.8 Å². The van der Waals surface area contributed by atoms with Crippen molar-refractivity contribution >= 4 is 5.97 Å². The second-order valence-corrected chi connectivity index (χ2v) is 3.66. The molecule has 1 aromatic carbocycles. The van der Waals surface area contributed by atoms with Crippen LogP contribution in [0.15, 0.2) is 18.2 Å². The van der Waals surface area contributed by atoms with Gasteiger partial charge in [0.15, 0.2) is 0 Å². The molecule has 100 valence electrons. The summed E-state index contributed by atoms with van der Waals surface area (Å²) in [6.45, 7) is 0. The molecule has 2 aromatic rings. The molecule has 0 atom stereocenters. The van der Waals surface area contributed by atoms with Gasteiger partial charge < -0.3 is 14.6 Å². The Morgan fingerprint density at radius 2 is 2.05 bits per heavy atom. The van der Waals surface area contributed by atoms with Crippen molar-refractivity contribution in [3.63, 3.8) is 0 Å². The van der Waals surface area contributed by atoms with Gasteiger partial charge in [0.1, 0.15) is 23.0 Å². The van der Waals surface area contributed by atoms with Crippen molar-refractivity contribution in [2.24, 2.45) is 0 Å². The van der Waals surface area contributed by atoms with Crippen molar-refractivity contribution in [2.45, 2.75) is 0 Å². The summed E-state index contributed by atoms with van der Waals surface area (Å²) in [6.07, 6.45) is 0. The first kappa shape index (κ1) is 12.9. The zero-order chi connectivity index (χ0) is 14.0. The molecule has 0 amide bonds. The molecule has 2 rings (SSSR count). The molecule has 0 aliphatic heterocycles. The number of halogens is 1. The zero-order valence-electron chi connectivity index (χ0n) is 10.2. The molecule has 0 fully saturated rings. The summed E-state index contributed by atoms with van der Waals surface area (Å²) in [5.41, 5.74) is 0.0914. The molecular weight excluding hydrogens is 255 g/mol. The maximum absolute atomic E-state index is 14.0. The fourth-order valence-corrected chi connectivity index (χ4v) is 1.64. The van der Waals surface area contributed by atoms with Crippen LogP contribution in [-0.2, 0) is 0 Å². The monoisotopic (exact) mass is 266 g/mol. The third-order valence-electron chi connectivity index (χ3n) is 2.55. The fourth-order valence-electron chi connectivity index (χ4n) is 1.64. The summed E-state index contributed by atoms with van der Waals surface area (Å²) in [5, 5.41) is 14.9. The Bertz CT molecular complexity index is 624. The highest BCUT2D eigenvalue weighted by Gasteiger charge is 2.18. The highest BCUT2D eigenvalue weighted by Crippen LogP contribution is 2.35. The van der Waals surface area contributed by atoms with E-state index in [2.05, 4.69) is 10.2 Å². The molecule has 0 bridgehead atoms. The summed E-state index contributed by atoms with van der Waals surface area (Å²) in [4.78, 5) is 10.8. The number of carboxylic acid groups (broad SMARTS) is 1. The van der Waals surface area contributed by atoms with E-state index in [1.165, 1.54) is 32.4 Å². The van der Waals surface area contributed by atoms with E-state index < -0.39 is 11.8 Å². The minimum absolute atomic E-state index is 0.0760. The van der Waals surface area contributed by atoms with Crippen LogP contribution in [0.2, 0.25) is 0 Å². The number of aromatic carboxylic acids is 1. The lowest BCUT2D eigenvalue weighted by Gasteiger charge is -2.09. The fraction of sp³-hybridized carbons (Fsp3) is 0.167. The van der Waals surface area contributed by atoms with E-state index in [4.69, 9.17) is 14.6 Å². The van der Waals surface area contributed by atoms with Gasteiger partial charge in [-0.25, -0.2) is 9.18 Å². The Morgan fingerprint density at radius 1 is 1.32 bits per heavy atom. The van der Waals surface area contributed by atoms with Crippen LogP contribution in [0.4, 0.5) is 4.39 Å². The summed E-state index contributed by atoms with van der Waals surface area (Å²) in [7, 11) is 2.79. The first-order valence-electron chi connectivity index (χ1n) is 5.27. The lowest BCUT2D eigenvalue weighted by Crippen LogP contribution is -1.95. The lowest BCUT2D eigenvalue weighted by molar-refractivity contribution is 0.0690. The van der Waals surface area contributed by atoms with Gasteiger partial charge in [-0.05, 0) is 6.07 Å². The summed E-state index contributed by atoms with van der Waals surface area (Å²) >= 11 is 0. The molecule has 2 N–H and O–H groups in total. The van der Waals surface area contributed by atoms with Gasteiger partial charge in [0.25, 0.3) is 0 Å². The van der Waals surface area contributed by atoms with Gasteiger partial charge >= 0.3 is 5.97 Å². The van der Waals surface area contributed by atoms with Gasteiger partial charge in [-0.2, -0.15) is 5.10 Å². The Balaban J connectivity index is 2.56. The molecule has 1 heterocycles. The molecule has 6 nitrogen and oxygen atoms in total. The minimum Gasteiger partial charge on any atom is -0.497 e. The number of ether oxygens (including phenoxy) is 2. The molecule has 0 saturated heterocycles. The van der Waals surface area contributed by atoms with E-state index in [1.807, 2.05) is 0 Å². The third kappa shape index (κ3) is 2.35. The highest BCUT2D eigenvalue weighted by molar-refractivity contribution is 5.87. The van der Waals surface area contributed by atoms with E-state index in [1.54, 1.807) is 0 Å². The number of carboxylic acids is 1. The third-order valence-corrected chi connectivity index (χ3v) is 2.55. The number of nitrogens with one attached hydrogen (secondary N) is 1. The number of carbonyl (C=O) groups is 1. The average molecular weight is 266 g/mol. The Hall–Kier alpha value is -2.57. The summed E-state index contributed by atoms with van der Waals surface area (Å²) in [5.74, 6) is -1.28. The second kappa shape index (κ2) is 4.97. The van der Waals surface area contributed by atoms with Crippen molar-refractivity contribution < 1.29 is 23.8 Å². The lowest BCUT2D eigenvalue weighted by atomic mass is 10.1. The number of aromatic amines is 1. The predicted octanol–water partition coefficient (Wildman–Crippen LogP) is 1.93. The van der Waals surface area contributed by atoms with E-state index >= 15 is 0 Å². The Kier molecular flexibility index (Phi) is 3.37. The van der Waals surface area contributed by atoms with E-state index in [0.717, 1.165) is 0 Å². The standard InChI is InChI=1S/C12H11FN2O4/c1-18-6-3-7(13)11(10(4-6)19-2)8-5-9(12(16)17)15-14-8/h3-5H,1-2H3,(H,14,15)(H,16,17). The molecule has 0 saturated carbocycles. The van der Waals surface area contributed by atoms with E-state index in [0.29, 0.717) is 5.75 Å². The number of nitrogens with zero attached hydrogens (tertiary/aromatic N) is 1. The van der Waals surface area contributed by atoms with Crippen LogP contribution >= 0.6 is 0 Å². The van der Waals surface area contributed by atoms with Gasteiger partial charge in [0.2, 0.25) is 0 Å². The molecule has 19 heavy (non-hydrogen) atoms. The number of hydrogen-bond donors (Lipinski definition) is 2.